The molecule has 1 fully saturated rings. The average molecular weight is 302 g/mol. The molecule has 4 heteroatoms. The Morgan fingerprint density at radius 1 is 1.10 bits per heavy atom. The highest BCUT2D eigenvalue weighted by Crippen LogP contribution is 2.24. The first-order valence-corrected chi connectivity index (χ1v) is 7.34. The minimum Gasteiger partial charge on any atom is -0.370 e. The van der Waals surface area contributed by atoms with Crippen LogP contribution < -0.4 is 0 Å². The Morgan fingerprint density at radius 3 is 2.57 bits per heavy atom. The predicted molar refractivity (Wildman–Crippen MR) is 82.5 cm³/mol. The van der Waals surface area contributed by atoms with Crippen molar-refractivity contribution in [3.05, 3.63) is 70.7 Å². The van der Waals surface area contributed by atoms with E-state index in [2.05, 4.69) is 0 Å². The molecule has 0 spiro atoms. The molecule has 1 heterocycles. The Hall–Kier alpha value is -1.84. The van der Waals surface area contributed by atoms with Crippen LogP contribution in [-0.2, 0) is 4.74 Å². The molecule has 21 heavy (non-hydrogen) atoms. The van der Waals surface area contributed by atoms with Crippen LogP contribution in [0.15, 0.2) is 54.6 Å². The zero-order valence-electron chi connectivity index (χ0n) is 11.5. The number of ether oxygens (including phenoxy) is 1. The van der Waals surface area contributed by atoms with Crippen LogP contribution in [0.5, 0.6) is 0 Å². The lowest BCUT2D eigenvalue weighted by Gasteiger charge is -2.33. The van der Waals surface area contributed by atoms with Crippen molar-refractivity contribution < 1.29 is 9.53 Å². The number of carbonyl (C=O) groups excluding carboxylic acids is 1. The molecule has 2 aromatic rings. The first kappa shape index (κ1) is 14.1. The molecular formula is C17H16ClNO2. The molecule has 0 bridgehead atoms. The molecule has 2 aromatic carbocycles. The van der Waals surface area contributed by atoms with E-state index in [9.17, 15) is 4.79 Å². The lowest BCUT2D eigenvalue weighted by Crippen LogP contribution is -2.42. The van der Waals surface area contributed by atoms with Gasteiger partial charge in [-0.15, -0.1) is 0 Å². The maximum Gasteiger partial charge on any atom is 0.255 e. The summed E-state index contributed by atoms with van der Waals surface area (Å²) in [5, 5.41) is 0.491. The van der Waals surface area contributed by atoms with Gasteiger partial charge in [-0.3, -0.25) is 4.79 Å². The molecule has 0 unspecified atom stereocenters. The fourth-order valence-electron chi connectivity index (χ4n) is 2.51. The van der Waals surface area contributed by atoms with Gasteiger partial charge >= 0.3 is 0 Å². The Morgan fingerprint density at radius 2 is 1.81 bits per heavy atom. The number of nitrogens with zero attached hydrogens (tertiary/aromatic N) is 1. The van der Waals surface area contributed by atoms with E-state index in [0.29, 0.717) is 30.3 Å². The van der Waals surface area contributed by atoms with Crippen LogP contribution in [0.4, 0.5) is 0 Å². The van der Waals surface area contributed by atoms with Gasteiger partial charge in [0.25, 0.3) is 5.91 Å². The molecule has 0 radical (unpaired) electrons. The highest BCUT2D eigenvalue weighted by atomic mass is 35.5. The number of morpholine rings is 1. The Kier molecular flexibility index (Phi) is 4.23. The standard InChI is InChI=1S/C17H16ClNO2/c18-15-9-5-4-8-14(15)17(20)19-10-11-21-16(12-19)13-6-2-1-3-7-13/h1-9,16H,10-12H2/t16-/m0/s1. The molecule has 0 aromatic heterocycles. The number of rotatable bonds is 2. The van der Waals surface area contributed by atoms with Crippen molar-refractivity contribution in [3.63, 3.8) is 0 Å². The lowest BCUT2D eigenvalue weighted by molar-refractivity contribution is -0.0228. The number of halogens is 1. The summed E-state index contributed by atoms with van der Waals surface area (Å²) in [6.45, 7) is 1.68. The van der Waals surface area contributed by atoms with Crippen LogP contribution in [0.1, 0.15) is 22.0 Å². The smallest absolute Gasteiger partial charge is 0.255 e. The largest absolute Gasteiger partial charge is 0.370 e. The first-order chi connectivity index (χ1) is 10.3. The van der Waals surface area contributed by atoms with Gasteiger partial charge < -0.3 is 9.64 Å². The van der Waals surface area contributed by atoms with Gasteiger partial charge in [-0.05, 0) is 17.7 Å². The zero-order chi connectivity index (χ0) is 14.7. The second kappa shape index (κ2) is 6.29. The van der Waals surface area contributed by atoms with E-state index in [0.717, 1.165) is 5.56 Å². The maximum atomic E-state index is 12.6. The van der Waals surface area contributed by atoms with E-state index in [-0.39, 0.29) is 12.0 Å². The summed E-state index contributed by atoms with van der Waals surface area (Å²) in [6, 6.07) is 17.1. The minimum absolute atomic E-state index is 0.0372. The van der Waals surface area contributed by atoms with Crippen molar-refractivity contribution in [2.75, 3.05) is 19.7 Å². The van der Waals surface area contributed by atoms with E-state index < -0.39 is 0 Å². The molecule has 1 amide bonds. The fraction of sp³-hybridized carbons (Fsp3) is 0.235. The number of carbonyl (C=O) groups is 1. The predicted octanol–water partition coefficient (Wildman–Crippen LogP) is 3.55. The zero-order valence-corrected chi connectivity index (χ0v) is 12.3. The minimum atomic E-state index is -0.0774. The molecule has 3 rings (SSSR count). The molecule has 1 aliphatic rings. The lowest BCUT2D eigenvalue weighted by atomic mass is 10.1. The van der Waals surface area contributed by atoms with Crippen LogP contribution in [0.25, 0.3) is 0 Å². The van der Waals surface area contributed by atoms with E-state index >= 15 is 0 Å². The Labute approximate surface area is 129 Å². The SMILES string of the molecule is O=C(c1ccccc1Cl)N1CCO[C@H](c2ccccc2)C1. The third-order valence-electron chi connectivity index (χ3n) is 3.63. The molecule has 1 saturated heterocycles. The van der Waals surface area contributed by atoms with Crippen LogP contribution in [-0.4, -0.2) is 30.5 Å². The van der Waals surface area contributed by atoms with Crippen molar-refractivity contribution in [1.82, 2.24) is 4.90 Å². The topological polar surface area (TPSA) is 29.5 Å². The van der Waals surface area contributed by atoms with E-state index in [1.165, 1.54) is 0 Å². The van der Waals surface area contributed by atoms with Crippen LogP contribution >= 0.6 is 11.6 Å². The number of hydrogen-bond acceptors (Lipinski definition) is 2. The second-order valence-electron chi connectivity index (χ2n) is 5.00. The van der Waals surface area contributed by atoms with Gasteiger partial charge in [0.1, 0.15) is 6.10 Å². The highest BCUT2D eigenvalue weighted by molar-refractivity contribution is 6.33. The molecule has 0 saturated carbocycles. The summed E-state index contributed by atoms with van der Waals surface area (Å²) < 4.78 is 5.78. The van der Waals surface area contributed by atoms with Gasteiger partial charge in [-0.1, -0.05) is 54.1 Å². The van der Waals surface area contributed by atoms with Crippen molar-refractivity contribution in [1.29, 1.82) is 0 Å². The summed E-state index contributed by atoms with van der Waals surface area (Å²) in [7, 11) is 0. The third-order valence-corrected chi connectivity index (χ3v) is 3.96. The monoisotopic (exact) mass is 301 g/mol. The third kappa shape index (κ3) is 3.09. The van der Waals surface area contributed by atoms with Crippen molar-refractivity contribution in [3.8, 4) is 0 Å². The van der Waals surface area contributed by atoms with E-state index in [1.54, 1.807) is 12.1 Å². The van der Waals surface area contributed by atoms with Gasteiger partial charge in [0.2, 0.25) is 0 Å². The van der Waals surface area contributed by atoms with Gasteiger partial charge in [0.15, 0.2) is 0 Å². The second-order valence-corrected chi connectivity index (χ2v) is 5.41. The molecule has 108 valence electrons. The van der Waals surface area contributed by atoms with Gasteiger partial charge in [-0.25, -0.2) is 0 Å². The van der Waals surface area contributed by atoms with Crippen LogP contribution in [0.3, 0.4) is 0 Å². The molecule has 1 aliphatic heterocycles. The maximum absolute atomic E-state index is 12.6. The molecule has 3 nitrogen and oxygen atoms in total. The summed E-state index contributed by atoms with van der Waals surface area (Å²) in [4.78, 5) is 14.4. The Bertz CT molecular complexity index is 630. The normalized spacial score (nSPS) is 18.5. The van der Waals surface area contributed by atoms with E-state index in [4.69, 9.17) is 16.3 Å². The highest BCUT2D eigenvalue weighted by Gasteiger charge is 2.26. The number of amides is 1. The molecule has 0 N–H and O–H groups in total. The quantitative estimate of drug-likeness (QED) is 0.849. The van der Waals surface area contributed by atoms with Crippen molar-refractivity contribution in [2.45, 2.75) is 6.10 Å². The summed E-state index contributed by atoms with van der Waals surface area (Å²) in [5.74, 6) is -0.0372. The van der Waals surface area contributed by atoms with Crippen LogP contribution in [0, 0.1) is 0 Å². The Balaban J connectivity index is 1.77. The molecule has 0 aliphatic carbocycles. The summed E-state index contributed by atoms with van der Waals surface area (Å²) in [6.07, 6.45) is -0.0774. The summed E-state index contributed by atoms with van der Waals surface area (Å²) in [5.41, 5.74) is 1.64. The fourth-order valence-corrected chi connectivity index (χ4v) is 2.72. The summed E-state index contributed by atoms with van der Waals surface area (Å²) >= 11 is 6.11. The van der Waals surface area contributed by atoms with E-state index in [1.807, 2.05) is 47.4 Å². The average Bonchev–Trinajstić information content (AvgIpc) is 2.56. The number of hydrogen-bond donors (Lipinski definition) is 0. The van der Waals surface area contributed by atoms with Crippen molar-refractivity contribution in [2.24, 2.45) is 0 Å². The van der Waals surface area contributed by atoms with Gasteiger partial charge in [0.05, 0.1) is 23.7 Å². The van der Waals surface area contributed by atoms with Crippen LogP contribution in [0.2, 0.25) is 5.02 Å². The number of benzene rings is 2. The molecule has 1 atom stereocenters. The molecular weight excluding hydrogens is 286 g/mol. The first-order valence-electron chi connectivity index (χ1n) is 6.96. The van der Waals surface area contributed by atoms with Gasteiger partial charge in [-0.2, -0.15) is 0 Å². The van der Waals surface area contributed by atoms with Crippen molar-refractivity contribution >= 4 is 17.5 Å². The van der Waals surface area contributed by atoms with Gasteiger partial charge in [0, 0.05) is 6.54 Å².